The topological polar surface area (TPSA) is 92.7 Å². The largest absolute Gasteiger partial charge is 0.377 e. The molecule has 5 heterocycles. The summed E-state index contributed by atoms with van der Waals surface area (Å²) < 4.78 is 11.3. The summed E-state index contributed by atoms with van der Waals surface area (Å²) in [7, 11) is 0. The summed E-state index contributed by atoms with van der Waals surface area (Å²) in [4.78, 5) is 31.2. The van der Waals surface area contributed by atoms with Gasteiger partial charge < -0.3 is 24.6 Å². The number of benzene rings is 1. The summed E-state index contributed by atoms with van der Waals surface area (Å²) >= 11 is 0. The van der Waals surface area contributed by atoms with E-state index in [-0.39, 0.29) is 18.0 Å². The number of nitrogens with zero attached hydrogens (tertiary/aromatic N) is 5. The van der Waals surface area contributed by atoms with Crippen LogP contribution in [0, 0.1) is 0 Å². The highest BCUT2D eigenvalue weighted by atomic mass is 16.5. The summed E-state index contributed by atoms with van der Waals surface area (Å²) in [5.41, 5.74) is 4.31. The second-order valence-corrected chi connectivity index (χ2v) is 9.25. The fourth-order valence-corrected chi connectivity index (χ4v) is 4.93. The number of fused-ring (bicyclic) bond motifs is 2. The fraction of sp³-hybridized carbons (Fsp3) is 0.440. The van der Waals surface area contributed by atoms with Gasteiger partial charge in [-0.25, -0.2) is 4.98 Å². The van der Waals surface area contributed by atoms with E-state index in [1.165, 1.54) is 0 Å². The van der Waals surface area contributed by atoms with Crippen LogP contribution in [0.25, 0.3) is 22.3 Å². The number of pyridine rings is 1. The molecule has 0 spiro atoms. The van der Waals surface area contributed by atoms with Crippen LogP contribution >= 0.6 is 0 Å². The van der Waals surface area contributed by atoms with Gasteiger partial charge in [-0.2, -0.15) is 9.97 Å². The Bertz CT molecular complexity index is 1260. The van der Waals surface area contributed by atoms with Crippen LogP contribution in [-0.4, -0.2) is 72.5 Å². The van der Waals surface area contributed by atoms with Gasteiger partial charge >= 0.3 is 0 Å². The van der Waals surface area contributed by atoms with Crippen molar-refractivity contribution in [3.8, 4) is 11.3 Å². The molecule has 3 aromatic rings. The quantitative estimate of drug-likeness (QED) is 0.638. The van der Waals surface area contributed by atoms with Gasteiger partial charge in [-0.05, 0) is 37.6 Å². The normalized spacial score (nSPS) is 22.7. The molecule has 2 aromatic heterocycles. The molecule has 2 fully saturated rings. The van der Waals surface area contributed by atoms with Crippen LogP contribution in [0.1, 0.15) is 19.4 Å². The lowest BCUT2D eigenvalue weighted by Crippen LogP contribution is -2.46. The van der Waals surface area contributed by atoms with Crippen LogP contribution in [-0.2, 0) is 20.7 Å². The Balaban J connectivity index is 1.47. The first-order valence-corrected chi connectivity index (χ1v) is 11.9. The van der Waals surface area contributed by atoms with Crippen molar-refractivity contribution in [2.45, 2.75) is 32.4 Å². The molecule has 9 heteroatoms. The average Bonchev–Trinajstić information content (AvgIpc) is 3.23. The predicted octanol–water partition coefficient (Wildman–Crippen LogP) is 2.64. The van der Waals surface area contributed by atoms with E-state index < -0.39 is 0 Å². The van der Waals surface area contributed by atoms with E-state index in [0.717, 1.165) is 46.8 Å². The van der Waals surface area contributed by atoms with Crippen molar-refractivity contribution in [1.82, 2.24) is 15.0 Å². The smallest absolute Gasteiger partial charge is 0.229 e. The zero-order valence-corrected chi connectivity index (χ0v) is 19.5. The number of hydrogen-bond acceptors (Lipinski definition) is 8. The molecule has 2 unspecified atom stereocenters. The SMILES string of the molecule is CC1COCCN1c1nc(N2CCOCC2C)c2ccc(-c3ccc4c(c3)NC(=O)C4)nc2n1. The summed E-state index contributed by atoms with van der Waals surface area (Å²) in [6.45, 7) is 8.46. The Labute approximate surface area is 198 Å². The van der Waals surface area contributed by atoms with Crippen molar-refractivity contribution in [2.75, 3.05) is 54.6 Å². The van der Waals surface area contributed by atoms with Crippen LogP contribution in [0.5, 0.6) is 0 Å². The second kappa shape index (κ2) is 8.48. The van der Waals surface area contributed by atoms with Crippen LogP contribution < -0.4 is 15.1 Å². The lowest BCUT2D eigenvalue weighted by atomic mass is 10.1. The predicted molar refractivity (Wildman–Crippen MR) is 130 cm³/mol. The van der Waals surface area contributed by atoms with Gasteiger partial charge in [0.25, 0.3) is 0 Å². The number of carbonyl (C=O) groups excluding carboxylic acids is 1. The number of rotatable bonds is 3. The molecule has 0 radical (unpaired) electrons. The third kappa shape index (κ3) is 3.74. The van der Waals surface area contributed by atoms with E-state index in [0.29, 0.717) is 44.4 Å². The molecule has 3 aliphatic heterocycles. The lowest BCUT2D eigenvalue weighted by molar-refractivity contribution is -0.115. The van der Waals surface area contributed by atoms with E-state index in [4.69, 9.17) is 24.4 Å². The highest BCUT2D eigenvalue weighted by molar-refractivity contribution is 6.00. The van der Waals surface area contributed by atoms with Gasteiger partial charge in [0.2, 0.25) is 11.9 Å². The van der Waals surface area contributed by atoms with Gasteiger partial charge in [0.1, 0.15) is 5.82 Å². The van der Waals surface area contributed by atoms with Gasteiger partial charge in [-0.3, -0.25) is 4.79 Å². The minimum Gasteiger partial charge on any atom is -0.377 e. The number of anilines is 3. The minimum atomic E-state index is 0.0277. The highest BCUT2D eigenvalue weighted by Gasteiger charge is 2.27. The van der Waals surface area contributed by atoms with Gasteiger partial charge in [0.15, 0.2) is 5.65 Å². The van der Waals surface area contributed by atoms with Crippen molar-refractivity contribution < 1.29 is 14.3 Å². The Morgan fingerprint density at radius 2 is 1.71 bits per heavy atom. The van der Waals surface area contributed by atoms with Crippen molar-refractivity contribution >= 4 is 34.4 Å². The third-order valence-corrected chi connectivity index (χ3v) is 6.82. The van der Waals surface area contributed by atoms with Crippen molar-refractivity contribution in [1.29, 1.82) is 0 Å². The monoisotopic (exact) mass is 460 g/mol. The van der Waals surface area contributed by atoms with Crippen LogP contribution in [0.15, 0.2) is 30.3 Å². The standard InChI is InChI=1S/C25H28N6O3/c1-15-13-33-9-7-30(15)24-19-5-6-20(17-3-4-18-12-22(32)26-21(18)11-17)27-23(19)28-25(29-24)31-8-10-34-14-16(31)2/h3-6,11,15-16H,7-10,12-14H2,1-2H3,(H,26,32). The minimum absolute atomic E-state index is 0.0277. The Morgan fingerprint density at radius 3 is 2.47 bits per heavy atom. The van der Waals surface area contributed by atoms with Crippen molar-refractivity contribution in [2.24, 2.45) is 0 Å². The van der Waals surface area contributed by atoms with E-state index in [2.05, 4.69) is 35.0 Å². The van der Waals surface area contributed by atoms with Gasteiger partial charge in [0, 0.05) is 24.3 Å². The van der Waals surface area contributed by atoms with Crippen molar-refractivity contribution in [3.63, 3.8) is 0 Å². The first-order valence-electron chi connectivity index (χ1n) is 11.9. The molecular formula is C25H28N6O3. The summed E-state index contributed by atoms with van der Waals surface area (Å²) in [6.07, 6.45) is 0.427. The van der Waals surface area contributed by atoms with Crippen LogP contribution in [0.3, 0.4) is 0 Å². The first-order chi connectivity index (χ1) is 16.6. The van der Waals surface area contributed by atoms with E-state index >= 15 is 0 Å². The summed E-state index contributed by atoms with van der Waals surface area (Å²) in [5.74, 6) is 1.61. The molecule has 0 aliphatic carbocycles. The molecule has 3 aliphatic rings. The molecular weight excluding hydrogens is 432 g/mol. The number of aromatic nitrogens is 3. The summed E-state index contributed by atoms with van der Waals surface area (Å²) in [6, 6.07) is 10.5. The third-order valence-electron chi connectivity index (χ3n) is 6.82. The van der Waals surface area contributed by atoms with E-state index in [9.17, 15) is 4.79 Å². The van der Waals surface area contributed by atoms with Crippen LogP contribution in [0.4, 0.5) is 17.5 Å². The number of morpholine rings is 2. The lowest BCUT2D eigenvalue weighted by Gasteiger charge is -2.37. The van der Waals surface area contributed by atoms with E-state index in [1.807, 2.05) is 24.3 Å². The molecule has 2 saturated heterocycles. The molecule has 1 amide bonds. The Hall–Kier alpha value is -3.30. The first kappa shape index (κ1) is 21.2. The molecule has 2 atom stereocenters. The number of hydrogen-bond donors (Lipinski definition) is 1. The Morgan fingerprint density at radius 1 is 0.941 bits per heavy atom. The van der Waals surface area contributed by atoms with Crippen molar-refractivity contribution in [3.05, 3.63) is 35.9 Å². The number of amides is 1. The molecule has 6 rings (SSSR count). The van der Waals surface area contributed by atoms with Crippen LogP contribution in [0.2, 0.25) is 0 Å². The fourth-order valence-electron chi connectivity index (χ4n) is 4.93. The zero-order chi connectivity index (χ0) is 23.2. The summed E-state index contributed by atoms with van der Waals surface area (Å²) in [5, 5.41) is 3.86. The number of ether oxygens (including phenoxy) is 2. The molecule has 1 aromatic carbocycles. The maximum Gasteiger partial charge on any atom is 0.229 e. The Kier molecular flexibility index (Phi) is 5.30. The highest BCUT2D eigenvalue weighted by Crippen LogP contribution is 2.33. The maximum atomic E-state index is 11.8. The molecule has 9 nitrogen and oxygen atoms in total. The average molecular weight is 461 g/mol. The van der Waals surface area contributed by atoms with E-state index in [1.54, 1.807) is 0 Å². The molecule has 0 bridgehead atoms. The van der Waals surface area contributed by atoms with Gasteiger partial charge in [-0.1, -0.05) is 12.1 Å². The molecule has 0 saturated carbocycles. The maximum absolute atomic E-state index is 11.8. The van der Waals surface area contributed by atoms with Gasteiger partial charge in [0.05, 0.1) is 56.0 Å². The molecule has 1 N–H and O–H groups in total. The number of nitrogens with one attached hydrogen (secondary N) is 1. The van der Waals surface area contributed by atoms with Gasteiger partial charge in [-0.15, -0.1) is 0 Å². The second-order valence-electron chi connectivity index (χ2n) is 9.25. The molecule has 176 valence electrons. The molecule has 34 heavy (non-hydrogen) atoms. The number of carbonyl (C=O) groups is 1. The zero-order valence-electron chi connectivity index (χ0n) is 19.5.